The van der Waals surface area contributed by atoms with Gasteiger partial charge in [0.05, 0.1) is 32.7 Å². The van der Waals surface area contributed by atoms with Gasteiger partial charge in [-0.2, -0.15) is 0 Å². The van der Waals surface area contributed by atoms with E-state index in [0.29, 0.717) is 45.2 Å². The monoisotopic (exact) mass is 742 g/mol. The average Bonchev–Trinajstić information content (AvgIpc) is 3.79. The highest BCUT2D eigenvalue weighted by molar-refractivity contribution is 5.93. The molecule has 0 atom stereocenters. The number of carbonyl (C=O) groups is 5. The van der Waals surface area contributed by atoms with E-state index in [1.54, 1.807) is 0 Å². The van der Waals surface area contributed by atoms with Crippen molar-refractivity contribution in [2.45, 2.75) is 32.1 Å². The van der Waals surface area contributed by atoms with Gasteiger partial charge in [-0.05, 0) is 75.0 Å². The molecule has 2 aromatic heterocycles. The van der Waals surface area contributed by atoms with Crippen molar-refractivity contribution in [3.8, 4) is 0 Å². The summed E-state index contributed by atoms with van der Waals surface area (Å²) in [5.41, 5.74) is 21.4. The molecule has 0 spiro atoms. The largest absolute Gasteiger partial charge is 0.361 e. The minimum atomic E-state index is -0.429. The Labute approximate surface area is 315 Å². The molecule has 5 amide bonds. The molecule has 4 aromatic rings. The second kappa shape index (κ2) is 19.7. The van der Waals surface area contributed by atoms with Gasteiger partial charge >= 0.3 is 0 Å². The highest BCUT2D eigenvalue weighted by Gasteiger charge is 2.30. The van der Waals surface area contributed by atoms with Gasteiger partial charge < -0.3 is 51.7 Å². The molecule has 3 heterocycles. The van der Waals surface area contributed by atoms with Gasteiger partial charge in [0.2, 0.25) is 29.5 Å². The van der Waals surface area contributed by atoms with Crippen LogP contribution in [0.5, 0.6) is 0 Å². The fourth-order valence-electron chi connectivity index (χ4n) is 6.81. The van der Waals surface area contributed by atoms with Crippen LogP contribution in [-0.4, -0.2) is 149 Å². The summed E-state index contributed by atoms with van der Waals surface area (Å²) in [6.07, 6.45) is 6.00. The molecule has 1 saturated heterocycles. The summed E-state index contributed by atoms with van der Waals surface area (Å²) >= 11 is 0. The molecule has 0 unspecified atom stereocenters. The summed E-state index contributed by atoms with van der Waals surface area (Å²) in [6.45, 7) is 0.377. The molecule has 5 rings (SSSR count). The lowest BCUT2D eigenvalue weighted by molar-refractivity contribution is -0.146. The zero-order chi connectivity index (χ0) is 38.5. The number of nitrogens with zero attached hydrogens (tertiary/aromatic N) is 5. The van der Waals surface area contributed by atoms with Gasteiger partial charge in [-0.15, -0.1) is 0 Å². The molecule has 15 nitrogen and oxygen atoms in total. The lowest BCUT2D eigenvalue weighted by atomic mass is 10.1. The van der Waals surface area contributed by atoms with Crippen molar-refractivity contribution in [1.82, 2.24) is 34.5 Å². The number of fused-ring (bicyclic) bond motifs is 2. The quantitative estimate of drug-likeness (QED) is 0.116. The number of para-hydroxylation sites is 2. The molecule has 0 radical (unpaired) electrons. The molecule has 15 heteroatoms. The van der Waals surface area contributed by atoms with E-state index in [0.717, 1.165) is 32.9 Å². The highest BCUT2D eigenvalue weighted by Crippen LogP contribution is 2.20. The van der Waals surface area contributed by atoms with Gasteiger partial charge in [0.15, 0.2) is 0 Å². The average molecular weight is 743 g/mol. The van der Waals surface area contributed by atoms with Crippen LogP contribution in [0.4, 0.5) is 0 Å². The van der Waals surface area contributed by atoms with Crippen LogP contribution in [0.25, 0.3) is 21.8 Å². The van der Waals surface area contributed by atoms with Crippen LogP contribution < -0.4 is 17.2 Å². The Morgan fingerprint density at radius 1 is 0.444 bits per heavy atom. The van der Waals surface area contributed by atoms with E-state index in [-0.39, 0.29) is 72.0 Å². The summed E-state index contributed by atoms with van der Waals surface area (Å²) in [6, 6.07) is 15.7. The zero-order valence-corrected chi connectivity index (χ0v) is 31.0. The first-order chi connectivity index (χ1) is 26.2. The van der Waals surface area contributed by atoms with Gasteiger partial charge in [-0.25, -0.2) is 0 Å². The number of benzene rings is 2. The molecule has 0 saturated carbocycles. The topological polar surface area (TPSA) is 211 Å². The molecule has 1 fully saturated rings. The number of aromatic amines is 2. The van der Waals surface area contributed by atoms with E-state index in [4.69, 9.17) is 17.2 Å². The molecular weight excluding hydrogens is 688 g/mol. The fraction of sp³-hybridized carbons (Fsp3) is 0.462. The maximum Gasteiger partial charge on any atom is 0.242 e. The number of hydrogen-bond donors (Lipinski definition) is 5. The van der Waals surface area contributed by atoms with Crippen LogP contribution in [0, 0.1) is 0 Å². The van der Waals surface area contributed by atoms with Gasteiger partial charge in [-0.1, -0.05) is 36.4 Å². The minimum absolute atomic E-state index is 0.194. The van der Waals surface area contributed by atoms with Crippen LogP contribution in [-0.2, 0) is 36.8 Å². The number of hydrogen-bond acceptors (Lipinski definition) is 8. The standard InChI is InChI=1S/C39H54N10O5/c40-14-5-17-45-24-35(50)46(18-6-15-41)25-38(53)49(21-13-30-23-44-34-11-4-2-9-32(30)34)28-37(52)47(19-7-16-42)26-39(54)48(27-36(45)51)20-12-29-22-43-33-10-3-1-8-31(29)33/h1-4,8-11,22-23,43-44H,5-7,12-21,24-28,40-42H2. The summed E-state index contributed by atoms with van der Waals surface area (Å²) in [5, 5.41) is 2.03. The van der Waals surface area contributed by atoms with Gasteiger partial charge in [0.1, 0.15) is 0 Å². The van der Waals surface area contributed by atoms with Gasteiger partial charge in [-0.3, -0.25) is 24.0 Å². The molecule has 54 heavy (non-hydrogen) atoms. The zero-order valence-electron chi connectivity index (χ0n) is 31.0. The Hall–Kier alpha value is -5.25. The summed E-state index contributed by atoms with van der Waals surface area (Å²) < 4.78 is 0. The Bertz CT molecular complexity index is 1810. The number of rotatable bonds is 15. The smallest absolute Gasteiger partial charge is 0.242 e. The maximum absolute atomic E-state index is 14.2. The Kier molecular flexibility index (Phi) is 14.6. The number of carbonyl (C=O) groups excluding carboxylic acids is 5. The number of amides is 5. The first-order valence-electron chi connectivity index (χ1n) is 18.8. The number of H-pyrrole nitrogens is 2. The molecule has 290 valence electrons. The molecule has 1 aliphatic heterocycles. The Balaban J connectivity index is 1.47. The van der Waals surface area contributed by atoms with Crippen LogP contribution in [0.1, 0.15) is 30.4 Å². The van der Waals surface area contributed by atoms with Crippen molar-refractivity contribution in [1.29, 1.82) is 0 Å². The highest BCUT2D eigenvalue weighted by atomic mass is 16.2. The van der Waals surface area contributed by atoms with Crippen LogP contribution in [0.15, 0.2) is 60.9 Å². The SMILES string of the molecule is NCCCN1CC(=O)N(CCCN)CC(=O)N(CCc2c[nH]c3ccccc23)CC(=O)N(CCCN)CC(=O)N(CCc2c[nH]c3ccccc23)CC1=O. The Morgan fingerprint density at radius 2 is 0.741 bits per heavy atom. The molecular formula is C39H54N10O5. The van der Waals surface area contributed by atoms with E-state index >= 15 is 0 Å². The summed E-state index contributed by atoms with van der Waals surface area (Å²) in [7, 11) is 0. The molecule has 0 bridgehead atoms. The van der Waals surface area contributed by atoms with E-state index in [1.807, 2.05) is 60.9 Å². The molecule has 0 aliphatic carbocycles. The predicted octanol–water partition coefficient (Wildman–Crippen LogP) is 0.637. The van der Waals surface area contributed by atoms with E-state index in [9.17, 15) is 24.0 Å². The van der Waals surface area contributed by atoms with E-state index < -0.39 is 29.5 Å². The lowest BCUT2D eigenvalue weighted by Crippen LogP contribution is -2.50. The summed E-state index contributed by atoms with van der Waals surface area (Å²) in [4.78, 5) is 84.0. The van der Waals surface area contributed by atoms with Crippen LogP contribution >= 0.6 is 0 Å². The first kappa shape index (κ1) is 39.9. The third-order valence-electron chi connectivity index (χ3n) is 9.94. The summed E-state index contributed by atoms with van der Waals surface area (Å²) in [5.74, 6) is -2.12. The van der Waals surface area contributed by atoms with Crippen molar-refractivity contribution in [2.24, 2.45) is 17.2 Å². The third kappa shape index (κ3) is 10.5. The normalized spacial score (nSPS) is 15.9. The fourth-order valence-corrected chi connectivity index (χ4v) is 6.81. The molecule has 1 aliphatic rings. The third-order valence-corrected chi connectivity index (χ3v) is 9.94. The lowest BCUT2D eigenvalue weighted by Gasteiger charge is -2.30. The number of nitrogens with one attached hydrogen (secondary N) is 2. The van der Waals surface area contributed by atoms with Crippen LogP contribution in [0.2, 0.25) is 0 Å². The first-order valence-corrected chi connectivity index (χ1v) is 18.8. The van der Waals surface area contributed by atoms with Gasteiger partial charge in [0.25, 0.3) is 0 Å². The van der Waals surface area contributed by atoms with Crippen molar-refractivity contribution >= 4 is 51.3 Å². The van der Waals surface area contributed by atoms with Gasteiger partial charge in [0, 0.05) is 66.9 Å². The number of aromatic nitrogens is 2. The van der Waals surface area contributed by atoms with Crippen molar-refractivity contribution in [2.75, 3.05) is 85.1 Å². The van der Waals surface area contributed by atoms with Crippen molar-refractivity contribution in [3.05, 3.63) is 72.1 Å². The van der Waals surface area contributed by atoms with E-state index in [1.165, 1.54) is 24.5 Å². The van der Waals surface area contributed by atoms with E-state index in [2.05, 4.69) is 9.97 Å². The second-order valence-electron chi connectivity index (χ2n) is 13.7. The number of nitrogens with two attached hydrogens (primary N) is 3. The minimum Gasteiger partial charge on any atom is -0.361 e. The van der Waals surface area contributed by atoms with Crippen LogP contribution in [0.3, 0.4) is 0 Å². The molecule has 2 aromatic carbocycles. The predicted molar refractivity (Wildman–Crippen MR) is 208 cm³/mol. The van der Waals surface area contributed by atoms with Crippen molar-refractivity contribution < 1.29 is 24.0 Å². The maximum atomic E-state index is 14.2. The Morgan fingerprint density at radius 3 is 1.06 bits per heavy atom. The van der Waals surface area contributed by atoms with Crippen molar-refractivity contribution in [3.63, 3.8) is 0 Å². The molecule has 8 N–H and O–H groups in total. The second-order valence-corrected chi connectivity index (χ2v) is 13.7.